The quantitative estimate of drug-likeness (QED) is 0.785. The minimum absolute atomic E-state index is 0.493. The van der Waals surface area contributed by atoms with Gasteiger partial charge in [0.05, 0.1) is 4.88 Å². The predicted octanol–water partition coefficient (Wildman–Crippen LogP) is 3.79. The zero-order valence-electron chi connectivity index (χ0n) is 8.90. The van der Waals surface area contributed by atoms with E-state index in [1.165, 1.54) is 17.7 Å². The highest BCUT2D eigenvalue weighted by Gasteiger charge is 2.42. The molecule has 84 valence electrons. The number of aromatic nitrogens is 2. The lowest BCUT2D eigenvalue weighted by Crippen LogP contribution is -2.13. The number of nitrogens with zero attached hydrogens (tertiary/aromatic N) is 2. The number of imidazole rings is 1. The highest BCUT2D eigenvalue weighted by Crippen LogP contribution is 2.49. The SMILES string of the molecule is BrCC1(Cn2ccnc2-c2cccs2)CC1. The first-order valence-electron chi connectivity index (χ1n) is 5.44. The monoisotopic (exact) mass is 296 g/mol. The van der Waals surface area contributed by atoms with Crippen LogP contribution in [0.3, 0.4) is 0 Å². The van der Waals surface area contributed by atoms with Crippen LogP contribution in [0.15, 0.2) is 29.9 Å². The molecule has 3 rings (SSSR count). The molecule has 0 atom stereocenters. The third-order valence-electron chi connectivity index (χ3n) is 3.20. The Morgan fingerprint density at radius 2 is 2.38 bits per heavy atom. The van der Waals surface area contributed by atoms with Gasteiger partial charge in [-0.3, -0.25) is 0 Å². The molecular weight excluding hydrogens is 284 g/mol. The Morgan fingerprint density at radius 1 is 1.50 bits per heavy atom. The molecule has 0 aromatic carbocycles. The van der Waals surface area contributed by atoms with E-state index < -0.39 is 0 Å². The summed E-state index contributed by atoms with van der Waals surface area (Å²) >= 11 is 5.38. The molecule has 0 amide bonds. The van der Waals surface area contributed by atoms with Crippen molar-refractivity contribution in [3.05, 3.63) is 29.9 Å². The summed E-state index contributed by atoms with van der Waals surface area (Å²) in [6, 6.07) is 4.22. The zero-order valence-corrected chi connectivity index (χ0v) is 11.3. The van der Waals surface area contributed by atoms with Gasteiger partial charge in [0, 0.05) is 24.3 Å². The fourth-order valence-corrected chi connectivity index (χ4v) is 3.41. The number of thiophene rings is 1. The minimum Gasteiger partial charge on any atom is -0.330 e. The molecule has 1 saturated carbocycles. The largest absolute Gasteiger partial charge is 0.330 e. The van der Waals surface area contributed by atoms with Crippen molar-refractivity contribution >= 4 is 27.3 Å². The Hall–Kier alpha value is -0.610. The van der Waals surface area contributed by atoms with Crippen molar-refractivity contribution in [3.8, 4) is 10.7 Å². The summed E-state index contributed by atoms with van der Waals surface area (Å²) in [5.41, 5.74) is 0.493. The van der Waals surface area contributed by atoms with Crippen LogP contribution in [-0.2, 0) is 6.54 Å². The molecule has 1 fully saturated rings. The van der Waals surface area contributed by atoms with Crippen molar-refractivity contribution in [2.75, 3.05) is 5.33 Å². The summed E-state index contributed by atoms with van der Waals surface area (Å²) < 4.78 is 2.29. The van der Waals surface area contributed by atoms with Gasteiger partial charge in [0.25, 0.3) is 0 Å². The van der Waals surface area contributed by atoms with E-state index in [-0.39, 0.29) is 0 Å². The lowest BCUT2D eigenvalue weighted by atomic mass is 10.1. The van der Waals surface area contributed by atoms with E-state index in [4.69, 9.17) is 0 Å². The van der Waals surface area contributed by atoms with Crippen molar-refractivity contribution in [2.24, 2.45) is 5.41 Å². The first-order valence-corrected chi connectivity index (χ1v) is 7.44. The van der Waals surface area contributed by atoms with E-state index in [0.717, 1.165) is 17.7 Å². The smallest absolute Gasteiger partial charge is 0.150 e. The highest BCUT2D eigenvalue weighted by molar-refractivity contribution is 9.09. The molecule has 1 aliphatic carbocycles. The normalized spacial score (nSPS) is 17.6. The second-order valence-electron chi connectivity index (χ2n) is 4.49. The molecule has 2 aromatic rings. The van der Waals surface area contributed by atoms with E-state index in [9.17, 15) is 0 Å². The topological polar surface area (TPSA) is 17.8 Å². The molecule has 0 spiro atoms. The van der Waals surface area contributed by atoms with Gasteiger partial charge in [0.15, 0.2) is 0 Å². The van der Waals surface area contributed by atoms with Crippen molar-refractivity contribution in [3.63, 3.8) is 0 Å². The molecule has 4 heteroatoms. The highest BCUT2D eigenvalue weighted by atomic mass is 79.9. The molecule has 0 saturated heterocycles. The molecule has 2 aromatic heterocycles. The van der Waals surface area contributed by atoms with Gasteiger partial charge in [0.2, 0.25) is 0 Å². The lowest BCUT2D eigenvalue weighted by Gasteiger charge is -2.14. The van der Waals surface area contributed by atoms with Crippen LogP contribution >= 0.6 is 27.3 Å². The molecular formula is C12H13BrN2S. The van der Waals surface area contributed by atoms with Gasteiger partial charge in [-0.2, -0.15) is 0 Å². The number of rotatable bonds is 4. The van der Waals surface area contributed by atoms with E-state index in [0.29, 0.717) is 5.41 Å². The Balaban J connectivity index is 1.88. The van der Waals surface area contributed by atoms with E-state index >= 15 is 0 Å². The summed E-state index contributed by atoms with van der Waals surface area (Å²) in [4.78, 5) is 5.72. The summed E-state index contributed by atoms with van der Waals surface area (Å²) in [7, 11) is 0. The van der Waals surface area contributed by atoms with Crippen LogP contribution in [0.5, 0.6) is 0 Å². The van der Waals surface area contributed by atoms with Gasteiger partial charge < -0.3 is 4.57 Å². The van der Waals surface area contributed by atoms with Gasteiger partial charge in [-0.05, 0) is 29.7 Å². The standard InChI is InChI=1S/C12H13BrN2S/c13-8-12(3-4-12)9-15-6-5-14-11(15)10-2-1-7-16-10/h1-2,5-7H,3-4,8-9H2. The van der Waals surface area contributed by atoms with Crippen LogP contribution in [0.25, 0.3) is 10.7 Å². The Labute approximate surface area is 107 Å². The second kappa shape index (κ2) is 4.00. The number of hydrogen-bond donors (Lipinski definition) is 0. The third-order valence-corrected chi connectivity index (χ3v) is 5.26. The van der Waals surface area contributed by atoms with Crippen molar-refractivity contribution in [2.45, 2.75) is 19.4 Å². The molecule has 2 nitrogen and oxygen atoms in total. The minimum atomic E-state index is 0.493. The van der Waals surface area contributed by atoms with Crippen LogP contribution < -0.4 is 0 Å². The Morgan fingerprint density at radius 3 is 3.00 bits per heavy atom. The maximum atomic E-state index is 4.46. The number of alkyl halides is 1. The summed E-state index contributed by atoms with van der Waals surface area (Å²) in [5, 5.41) is 3.20. The molecule has 16 heavy (non-hydrogen) atoms. The van der Waals surface area contributed by atoms with E-state index in [1.807, 2.05) is 6.20 Å². The van der Waals surface area contributed by atoms with Gasteiger partial charge in [0.1, 0.15) is 5.82 Å². The van der Waals surface area contributed by atoms with E-state index in [1.54, 1.807) is 11.3 Å². The van der Waals surface area contributed by atoms with Crippen LogP contribution in [0.2, 0.25) is 0 Å². The molecule has 0 bridgehead atoms. The molecule has 0 N–H and O–H groups in total. The average Bonchev–Trinajstić information content (AvgIpc) is 2.71. The van der Waals surface area contributed by atoms with Gasteiger partial charge in [-0.1, -0.05) is 22.0 Å². The summed E-state index contributed by atoms with van der Waals surface area (Å²) in [5.74, 6) is 1.11. The molecule has 1 aliphatic rings. The predicted molar refractivity (Wildman–Crippen MR) is 71.0 cm³/mol. The molecule has 0 aliphatic heterocycles. The summed E-state index contributed by atoms with van der Waals surface area (Å²) in [6.07, 6.45) is 6.66. The van der Waals surface area contributed by atoms with Crippen molar-refractivity contribution in [1.29, 1.82) is 0 Å². The fourth-order valence-electron chi connectivity index (χ4n) is 1.94. The number of halogens is 1. The van der Waals surface area contributed by atoms with Crippen molar-refractivity contribution in [1.82, 2.24) is 9.55 Å². The maximum Gasteiger partial charge on any atom is 0.150 e. The zero-order chi connectivity index (χ0) is 11.0. The van der Waals surface area contributed by atoms with Gasteiger partial charge in [-0.15, -0.1) is 11.3 Å². The lowest BCUT2D eigenvalue weighted by molar-refractivity contribution is 0.479. The van der Waals surface area contributed by atoms with Crippen LogP contribution in [-0.4, -0.2) is 14.9 Å². The van der Waals surface area contributed by atoms with Crippen LogP contribution in [0, 0.1) is 5.41 Å². The van der Waals surface area contributed by atoms with Crippen LogP contribution in [0.4, 0.5) is 0 Å². The van der Waals surface area contributed by atoms with Crippen LogP contribution in [0.1, 0.15) is 12.8 Å². The second-order valence-corrected chi connectivity index (χ2v) is 6.00. The Bertz CT molecular complexity index is 471. The van der Waals surface area contributed by atoms with Crippen molar-refractivity contribution < 1.29 is 0 Å². The molecule has 0 unspecified atom stereocenters. The Kier molecular flexibility index (Phi) is 2.64. The first kappa shape index (κ1) is 10.5. The van der Waals surface area contributed by atoms with E-state index in [2.05, 4.69) is 49.2 Å². The maximum absolute atomic E-state index is 4.46. The number of hydrogen-bond acceptors (Lipinski definition) is 2. The first-order chi connectivity index (χ1) is 7.83. The fraction of sp³-hybridized carbons (Fsp3) is 0.417. The third kappa shape index (κ3) is 1.84. The molecule has 0 radical (unpaired) electrons. The van der Waals surface area contributed by atoms with Gasteiger partial charge in [-0.25, -0.2) is 4.98 Å². The van der Waals surface area contributed by atoms with Gasteiger partial charge >= 0.3 is 0 Å². The summed E-state index contributed by atoms with van der Waals surface area (Å²) in [6.45, 7) is 1.09. The average molecular weight is 297 g/mol. The molecule has 2 heterocycles.